The first kappa shape index (κ1) is 30.8. The average Bonchev–Trinajstić information content (AvgIpc) is 3.37. The maximum absolute atomic E-state index is 14.6. The van der Waals surface area contributed by atoms with Crippen molar-refractivity contribution in [3.05, 3.63) is 87.3 Å². The van der Waals surface area contributed by atoms with Crippen molar-refractivity contribution in [3.8, 4) is 5.88 Å². The molecule has 226 valence electrons. The number of rotatable bonds is 5. The molecule has 5 rings (SSSR count). The molecular formula is C32H36Cl2N6O3. The molecule has 2 atom stereocenters. The minimum absolute atomic E-state index is 0.00481. The Bertz CT molecular complexity index is 1510. The van der Waals surface area contributed by atoms with Gasteiger partial charge in [0.05, 0.1) is 18.2 Å². The van der Waals surface area contributed by atoms with E-state index >= 15 is 0 Å². The molecular weight excluding hydrogens is 587 g/mol. The molecule has 2 aromatic carbocycles. The third-order valence-corrected chi connectivity index (χ3v) is 8.14. The summed E-state index contributed by atoms with van der Waals surface area (Å²) in [6.07, 6.45) is 1.70. The number of nitrogens with zero attached hydrogens (tertiary/aromatic N) is 6. The molecule has 2 aliphatic heterocycles. The van der Waals surface area contributed by atoms with Crippen molar-refractivity contribution in [1.82, 2.24) is 24.7 Å². The van der Waals surface area contributed by atoms with Crippen molar-refractivity contribution in [2.45, 2.75) is 52.1 Å². The molecule has 0 saturated carbocycles. The Kier molecular flexibility index (Phi) is 8.94. The van der Waals surface area contributed by atoms with Crippen molar-refractivity contribution in [1.29, 1.82) is 0 Å². The predicted molar refractivity (Wildman–Crippen MR) is 168 cm³/mol. The van der Waals surface area contributed by atoms with E-state index in [4.69, 9.17) is 37.9 Å². The molecule has 3 amide bonds. The first-order valence-corrected chi connectivity index (χ1v) is 15.2. The molecule has 1 aromatic heterocycles. The molecule has 1 fully saturated rings. The van der Waals surface area contributed by atoms with Crippen molar-refractivity contribution in [3.63, 3.8) is 0 Å². The summed E-state index contributed by atoms with van der Waals surface area (Å²) < 4.78 is 6.05. The zero-order valence-electron chi connectivity index (χ0n) is 25.1. The molecule has 43 heavy (non-hydrogen) atoms. The minimum atomic E-state index is -0.511. The number of ether oxygens (including phenoxy) is 1. The number of aromatic nitrogens is 2. The second-order valence-corrected chi connectivity index (χ2v) is 12.6. The number of amidine groups is 1. The number of carbonyl (C=O) groups is 2. The largest absolute Gasteiger partial charge is 0.477 e. The first-order valence-electron chi connectivity index (χ1n) is 14.4. The van der Waals surface area contributed by atoms with Crippen LogP contribution in [-0.4, -0.2) is 75.2 Å². The van der Waals surface area contributed by atoms with Crippen LogP contribution < -0.4 is 4.74 Å². The number of urea groups is 1. The highest BCUT2D eigenvalue weighted by Crippen LogP contribution is 2.45. The van der Waals surface area contributed by atoms with Crippen molar-refractivity contribution < 1.29 is 14.3 Å². The lowest BCUT2D eigenvalue weighted by Crippen LogP contribution is -2.55. The Morgan fingerprint density at radius 1 is 0.907 bits per heavy atom. The molecule has 1 saturated heterocycles. The first-order chi connectivity index (χ1) is 20.5. The van der Waals surface area contributed by atoms with E-state index in [1.165, 1.54) is 0 Å². The third kappa shape index (κ3) is 6.48. The van der Waals surface area contributed by atoms with E-state index < -0.39 is 12.1 Å². The molecule has 0 radical (unpaired) electrons. The van der Waals surface area contributed by atoms with Gasteiger partial charge in [-0.15, -0.1) is 0 Å². The summed E-state index contributed by atoms with van der Waals surface area (Å²) in [4.78, 5) is 46.5. The monoisotopic (exact) mass is 622 g/mol. The molecule has 0 N–H and O–H groups in total. The van der Waals surface area contributed by atoms with E-state index in [2.05, 4.69) is 4.98 Å². The lowest BCUT2D eigenvalue weighted by Gasteiger charge is -2.38. The van der Waals surface area contributed by atoms with Gasteiger partial charge in [-0.1, -0.05) is 68.2 Å². The summed E-state index contributed by atoms with van der Waals surface area (Å²) in [7, 11) is 0. The topological polar surface area (TPSA) is 91.2 Å². The molecule has 0 unspecified atom stereocenters. The molecule has 9 nitrogen and oxygen atoms in total. The fraction of sp³-hybridized carbons (Fsp3) is 0.406. The van der Waals surface area contributed by atoms with Gasteiger partial charge in [-0.3, -0.25) is 14.7 Å². The molecule has 3 heterocycles. The second-order valence-electron chi connectivity index (χ2n) is 11.7. The van der Waals surface area contributed by atoms with Crippen LogP contribution in [0.1, 0.15) is 69.2 Å². The van der Waals surface area contributed by atoms with E-state index in [1.807, 2.05) is 76.2 Å². The van der Waals surface area contributed by atoms with E-state index in [0.29, 0.717) is 65.9 Å². The van der Waals surface area contributed by atoms with Gasteiger partial charge in [-0.25, -0.2) is 9.78 Å². The number of hydrogen-bond acceptors (Lipinski definition) is 6. The summed E-state index contributed by atoms with van der Waals surface area (Å²) in [5, 5.41) is 1.20. The highest BCUT2D eigenvalue weighted by Gasteiger charge is 2.45. The van der Waals surface area contributed by atoms with Crippen LogP contribution in [0, 0.1) is 0 Å². The van der Waals surface area contributed by atoms with E-state index in [0.717, 1.165) is 11.1 Å². The molecule has 0 aliphatic carbocycles. The molecule has 11 heteroatoms. The number of benzene rings is 2. The molecule has 2 aliphatic rings. The predicted octanol–water partition coefficient (Wildman–Crippen LogP) is 6.31. The fourth-order valence-electron chi connectivity index (χ4n) is 5.35. The van der Waals surface area contributed by atoms with Gasteiger partial charge in [0.2, 0.25) is 11.8 Å². The van der Waals surface area contributed by atoms with Crippen LogP contribution in [-0.2, 0) is 10.2 Å². The molecule has 0 bridgehead atoms. The van der Waals surface area contributed by atoms with Gasteiger partial charge in [0.25, 0.3) is 0 Å². The van der Waals surface area contributed by atoms with Gasteiger partial charge >= 0.3 is 6.03 Å². The van der Waals surface area contributed by atoms with Gasteiger partial charge < -0.3 is 14.5 Å². The lowest BCUT2D eigenvalue weighted by atomic mass is 9.93. The van der Waals surface area contributed by atoms with E-state index in [9.17, 15) is 9.59 Å². The highest BCUT2D eigenvalue weighted by molar-refractivity contribution is 6.30. The normalized spacial score (nSPS) is 19.0. The van der Waals surface area contributed by atoms with Crippen LogP contribution in [0.2, 0.25) is 10.0 Å². The van der Waals surface area contributed by atoms with Crippen molar-refractivity contribution in [2.75, 3.05) is 32.8 Å². The maximum Gasteiger partial charge on any atom is 0.326 e. The Hall–Kier alpha value is -3.69. The lowest BCUT2D eigenvalue weighted by molar-refractivity contribution is -0.130. The van der Waals surface area contributed by atoms with Crippen LogP contribution in [0.15, 0.2) is 59.7 Å². The summed E-state index contributed by atoms with van der Waals surface area (Å²) in [5.74, 6) is 1.41. The fourth-order valence-corrected chi connectivity index (χ4v) is 5.60. The van der Waals surface area contributed by atoms with Crippen LogP contribution in [0.4, 0.5) is 4.79 Å². The minimum Gasteiger partial charge on any atom is -0.477 e. The Morgan fingerprint density at radius 3 is 2.00 bits per heavy atom. The second kappa shape index (κ2) is 12.5. The smallest absolute Gasteiger partial charge is 0.326 e. The van der Waals surface area contributed by atoms with Gasteiger partial charge in [-0.2, -0.15) is 4.98 Å². The highest BCUT2D eigenvalue weighted by atomic mass is 35.5. The number of carbonyl (C=O) groups excluding carboxylic acids is 2. The van der Waals surface area contributed by atoms with Gasteiger partial charge in [0.15, 0.2) is 0 Å². The van der Waals surface area contributed by atoms with Crippen molar-refractivity contribution in [2.24, 2.45) is 4.99 Å². The van der Waals surface area contributed by atoms with E-state index in [1.54, 1.807) is 27.8 Å². The molecule has 3 aromatic rings. The quantitative estimate of drug-likeness (QED) is 0.332. The average molecular weight is 624 g/mol. The number of amides is 3. The maximum atomic E-state index is 14.6. The SMILES string of the molecule is CCOc1nc(C(C)(C)C)ncc1C1=N[C@@H](c2ccc(Cl)cc2)[C@@H](c2ccc(Cl)cc2)N1C(=O)N1CCN(C(C)=O)CC1. The summed E-state index contributed by atoms with van der Waals surface area (Å²) in [6, 6.07) is 13.8. The van der Waals surface area contributed by atoms with E-state index in [-0.39, 0.29) is 17.4 Å². The summed E-state index contributed by atoms with van der Waals surface area (Å²) in [5.41, 5.74) is 1.97. The van der Waals surface area contributed by atoms with Gasteiger partial charge in [0.1, 0.15) is 17.7 Å². The van der Waals surface area contributed by atoms with Crippen LogP contribution >= 0.6 is 23.2 Å². The summed E-state index contributed by atoms with van der Waals surface area (Å²) >= 11 is 12.5. The Balaban J connectivity index is 1.67. The van der Waals surface area contributed by atoms with Gasteiger partial charge in [0, 0.05) is 54.8 Å². The van der Waals surface area contributed by atoms with Gasteiger partial charge in [-0.05, 0) is 42.3 Å². The number of hydrogen-bond donors (Lipinski definition) is 0. The van der Waals surface area contributed by atoms with Crippen LogP contribution in [0.3, 0.4) is 0 Å². The Morgan fingerprint density at radius 2 is 1.47 bits per heavy atom. The number of aliphatic imine (C=N–C) groups is 1. The Labute approximate surface area is 262 Å². The number of piperazine rings is 1. The van der Waals surface area contributed by atoms with Crippen LogP contribution in [0.25, 0.3) is 0 Å². The van der Waals surface area contributed by atoms with Crippen molar-refractivity contribution >= 4 is 41.0 Å². The number of halogens is 2. The molecule has 0 spiro atoms. The van der Waals surface area contributed by atoms with Crippen LogP contribution in [0.5, 0.6) is 5.88 Å². The zero-order valence-corrected chi connectivity index (χ0v) is 26.6. The summed E-state index contributed by atoms with van der Waals surface area (Å²) in [6.45, 7) is 11.6. The zero-order chi connectivity index (χ0) is 30.9. The third-order valence-electron chi connectivity index (χ3n) is 7.64. The standard InChI is InChI=1S/C32H36Cl2N6O3/c1-6-43-29-25(19-35-30(37-29)32(3,4)5)28-36-26(21-7-11-23(33)12-8-21)27(22-9-13-24(34)14-10-22)40(28)31(42)39-17-15-38(16-18-39)20(2)41/h7-14,19,26-27H,6,15-18H2,1-5H3/t26-,27+/m0/s1.